The van der Waals surface area contributed by atoms with Gasteiger partial charge < -0.3 is 5.32 Å². The molecular weight excluding hydrogens is 69.0 g/mol. The summed E-state index contributed by atoms with van der Waals surface area (Å²) in [4.78, 5) is 0. The number of hydrogen-bond donors (Lipinski definition) is 0. The fraction of sp³-hybridized carbons (Fsp3) is 1.00. The Hall–Kier alpha value is 0.557. The van der Waals surface area contributed by atoms with Gasteiger partial charge in [0.25, 0.3) is 0 Å². The predicted molar refractivity (Wildman–Crippen MR) is 22.3 cm³/mol. The van der Waals surface area contributed by atoms with Crippen LogP contribution in [0.4, 0.5) is 0 Å². The monoisotopic (exact) mass is 77.1 g/mol. The molecule has 1 heterocycles. The van der Waals surface area contributed by atoms with Crippen LogP contribution in [0.1, 0.15) is 12.8 Å². The molecule has 0 aromatic heterocycles. The van der Waals surface area contributed by atoms with Gasteiger partial charge in [0.1, 0.15) is 0 Å². The summed E-state index contributed by atoms with van der Waals surface area (Å²) in [5, 5.41) is 4.08. The van der Waals surface area contributed by atoms with E-state index in [0.717, 1.165) is 13.1 Å². The van der Waals surface area contributed by atoms with Crippen molar-refractivity contribution in [1.82, 2.24) is 0 Å². The van der Waals surface area contributed by atoms with Gasteiger partial charge in [-0.15, -0.1) is 13.1 Å². The molecule has 0 spiro atoms. The Labute approximate surface area is 50.7 Å². The second-order valence-electron chi connectivity index (χ2n) is 1.38. The van der Waals surface area contributed by atoms with E-state index in [2.05, 4.69) is 5.32 Å². The van der Waals surface area contributed by atoms with E-state index in [-0.39, 0.29) is 18.9 Å². The van der Waals surface area contributed by atoms with Crippen molar-refractivity contribution in [3.8, 4) is 0 Å². The van der Waals surface area contributed by atoms with Gasteiger partial charge in [-0.1, -0.05) is 12.8 Å². The van der Waals surface area contributed by atoms with Crippen LogP contribution in [0.25, 0.3) is 5.32 Å². The van der Waals surface area contributed by atoms with Crippen LogP contribution in [0.5, 0.6) is 0 Å². The van der Waals surface area contributed by atoms with Gasteiger partial charge in [-0.05, 0) is 0 Å². The summed E-state index contributed by atoms with van der Waals surface area (Å²) in [6.07, 6.45) is 2.67. The van der Waals surface area contributed by atoms with E-state index in [1.54, 1.807) is 0 Å². The van der Waals surface area contributed by atoms with Gasteiger partial charge in [-0.3, -0.25) is 0 Å². The predicted octanol–water partition coefficient (Wildman–Crippen LogP) is -1.84. The molecule has 0 aromatic rings. The quantitative estimate of drug-likeness (QED) is 0.302. The first-order valence-electron chi connectivity index (χ1n) is 2.13. The fourth-order valence-corrected chi connectivity index (χ4v) is 0.559. The average molecular weight is 77.1 g/mol. The Morgan fingerprint density at radius 1 is 1.00 bits per heavy atom. The van der Waals surface area contributed by atoms with E-state index in [9.17, 15) is 0 Å². The van der Waals surface area contributed by atoms with Crippen LogP contribution < -0.4 is 18.9 Å². The first kappa shape index (κ1) is 6.56. The largest absolute Gasteiger partial charge is 1.00 e. The third kappa shape index (κ3) is 1.87. The zero-order valence-electron chi connectivity index (χ0n) is 4.28. The molecule has 6 heavy (non-hydrogen) atoms. The van der Waals surface area contributed by atoms with Crippen molar-refractivity contribution >= 4 is 0 Å². The van der Waals surface area contributed by atoms with E-state index in [4.69, 9.17) is 0 Å². The molecule has 2 heteroatoms. The Morgan fingerprint density at radius 3 is 1.67 bits per heavy atom. The van der Waals surface area contributed by atoms with Gasteiger partial charge in [0.15, 0.2) is 0 Å². The minimum absolute atomic E-state index is 0. The van der Waals surface area contributed by atoms with E-state index in [1.807, 2.05) is 0 Å². The van der Waals surface area contributed by atoms with Gasteiger partial charge in [0.2, 0.25) is 0 Å². The van der Waals surface area contributed by atoms with Crippen molar-refractivity contribution in [1.29, 1.82) is 0 Å². The van der Waals surface area contributed by atoms with Crippen molar-refractivity contribution in [2.45, 2.75) is 12.8 Å². The minimum atomic E-state index is 0. The van der Waals surface area contributed by atoms with E-state index < -0.39 is 0 Å². The van der Waals surface area contributed by atoms with Crippen LogP contribution in [0, 0.1) is 0 Å². The second-order valence-corrected chi connectivity index (χ2v) is 1.38. The van der Waals surface area contributed by atoms with Crippen LogP contribution in [-0.4, -0.2) is 13.1 Å². The summed E-state index contributed by atoms with van der Waals surface area (Å²) >= 11 is 0. The smallest absolute Gasteiger partial charge is 0.662 e. The van der Waals surface area contributed by atoms with Crippen LogP contribution in [0.3, 0.4) is 0 Å². The molecule has 1 aliphatic rings. The first-order valence-corrected chi connectivity index (χ1v) is 2.13. The van der Waals surface area contributed by atoms with Gasteiger partial charge in [0.05, 0.1) is 0 Å². The van der Waals surface area contributed by atoms with Crippen LogP contribution in [-0.2, 0) is 0 Å². The van der Waals surface area contributed by atoms with Crippen LogP contribution >= 0.6 is 0 Å². The maximum Gasteiger partial charge on any atom is 1.00 e. The van der Waals surface area contributed by atoms with Crippen molar-refractivity contribution in [2.24, 2.45) is 0 Å². The Kier molecular flexibility index (Phi) is 4.08. The summed E-state index contributed by atoms with van der Waals surface area (Å²) in [7, 11) is 0. The normalized spacial score (nSPS) is 20.0. The number of rotatable bonds is 0. The van der Waals surface area contributed by atoms with Crippen molar-refractivity contribution in [3.63, 3.8) is 0 Å². The Morgan fingerprint density at radius 2 is 1.50 bits per heavy atom. The van der Waals surface area contributed by atoms with Crippen LogP contribution in [0.2, 0.25) is 0 Å². The molecule has 1 fully saturated rings. The summed E-state index contributed by atoms with van der Waals surface area (Å²) in [6.45, 7) is 2.25. The molecule has 1 aliphatic heterocycles. The molecular formula is C4H8LiN. The molecule has 0 aliphatic carbocycles. The molecule has 0 N–H and O–H groups in total. The topological polar surface area (TPSA) is 14.1 Å². The second kappa shape index (κ2) is 3.74. The maximum absolute atomic E-state index is 4.08. The average Bonchev–Trinajstić information content (AvgIpc) is 1.76. The van der Waals surface area contributed by atoms with E-state index in [0.29, 0.717) is 0 Å². The van der Waals surface area contributed by atoms with Gasteiger partial charge in [-0.25, -0.2) is 0 Å². The molecule has 0 saturated carbocycles. The molecule has 0 aromatic carbocycles. The zero-order chi connectivity index (χ0) is 3.54. The molecule has 0 amide bonds. The van der Waals surface area contributed by atoms with Crippen molar-refractivity contribution < 1.29 is 18.9 Å². The molecule has 0 radical (unpaired) electrons. The molecule has 0 bridgehead atoms. The molecule has 30 valence electrons. The number of hydrogen-bond acceptors (Lipinski definition) is 0. The van der Waals surface area contributed by atoms with Gasteiger partial charge in [0, 0.05) is 0 Å². The first-order chi connectivity index (χ1) is 2.50. The zero-order valence-corrected chi connectivity index (χ0v) is 4.28. The summed E-state index contributed by atoms with van der Waals surface area (Å²) in [6, 6.07) is 0. The van der Waals surface area contributed by atoms with Gasteiger partial charge in [-0.2, -0.15) is 0 Å². The molecule has 1 rings (SSSR count). The SMILES string of the molecule is C1CC[N-]C1.[Li+]. The van der Waals surface area contributed by atoms with Gasteiger partial charge >= 0.3 is 18.9 Å². The van der Waals surface area contributed by atoms with E-state index in [1.165, 1.54) is 12.8 Å². The molecule has 1 nitrogen and oxygen atoms in total. The van der Waals surface area contributed by atoms with Crippen molar-refractivity contribution in [2.75, 3.05) is 13.1 Å². The molecule has 1 saturated heterocycles. The number of nitrogens with zero attached hydrogens (tertiary/aromatic N) is 1. The third-order valence-corrected chi connectivity index (χ3v) is 0.882. The van der Waals surface area contributed by atoms with E-state index >= 15 is 0 Å². The standard InChI is InChI=1S/C4H8N.Li/c1-2-4-5-3-1;/h1-4H2;/q-1;+1. The summed E-state index contributed by atoms with van der Waals surface area (Å²) in [5.41, 5.74) is 0. The molecule has 0 unspecified atom stereocenters. The minimum Gasteiger partial charge on any atom is -0.662 e. The Bertz CT molecular complexity index is 19.1. The third-order valence-electron chi connectivity index (χ3n) is 0.882. The maximum atomic E-state index is 4.08. The van der Waals surface area contributed by atoms with Crippen molar-refractivity contribution in [3.05, 3.63) is 5.32 Å². The summed E-state index contributed by atoms with van der Waals surface area (Å²) in [5.74, 6) is 0. The van der Waals surface area contributed by atoms with Crippen LogP contribution in [0.15, 0.2) is 0 Å². The fourth-order valence-electron chi connectivity index (χ4n) is 0.559. The molecule has 0 atom stereocenters. The summed E-state index contributed by atoms with van der Waals surface area (Å²) < 4.78 is 0. The Balaban J connectivity index is 0.000000250.